The molecule has 0 aromatic carbocycles. The Hall–Kier alpha value is -0.500. The van der Waals surface area contributed by atoms with Gasteiger partial charge in [0.05, 0.1) is 0 Å². The maximum absolute atomic E-state index is 11.8. The van der Waals surface area contributed by atoms with Crippen molar-refractivity contribution in [1.82, 2.24) is 0 Å². The molecule has 0 atom stereocenters. The van der Waals surface area contributed by atoms with E-state index in [0.29, 0.717) is 0 Å². The van der Waals surface area contributed by atoms with Crippen molar-refractivity contribution in [2.24, 2.45) is 5.41 Å². The minimum absolute atomic E-state index is 0.322. The van der Waals surface area contributed by atoms with E-state index < -0.39 is 24.1 Å². The van der Waals surface area contributed by atoms with Crippen LogP contribution in [0.25, 0.3) is 0 Å². The van der Waals surface area contributed by atoms with E-state index in [2.05, 4.69) is 0 Å². The molecule has 0 fully saturated rings. The molecule has 0 aliphatic carbocycles. The van der Waals surface area contributed by atoms with E-state index in [-0.39, 0.29) is 6.92 Å². The van der Waals surface area contributed by atoms with Crippen molar-refractivity contribution in [2.45, 2.75) is 25.6 Å². The van der Waals surface area contributed by atoms with Crippen LogP contribution in [0.4, 0.5) is 26.3 Å². The zero-order valence-electron chi connectivity index (χ0n) is 6.24. The molecule has 0 rings (SSSR count). The van der Waals surface area contributed by atoms with Gasteiger partial charge in [0.15, 0.2) is 6.29 Å². The van der Waals surface area contributed by atoms with Gasteiger partial charge in [-0.15, -0.1) is 0 Å². The highest BCUT2D eigenvalue weighted by molar-refractivity contribution is 4.90. The first-order chi connectivity index (χ1) is 5.44. The lowest BCUT2D eigenvalue weighted by Crippen LogP contribution is -2.55. The summed E-state index contributed by atoms with van der Waals surface area (Å²) in [5, 5.41) is 16.1. The maximum atomic E-state index is 11.8. The van der Waals surface area contributed by atoms with Crippen LogP contribution in [0.2, 0.25) is 0 Å². The van der Waals surface area contributed by atoms with Crippen molar-refractivity contribution in [3.8, 4) is 0 Å². The van der Waals surface area contributed by atoms with Gasteiger partial charge in [-0.05, 0) is 6.92 Å². The molecule has 2 N–H and O–H groups in total. The lowest BCUT2D eigenvalue weighted by atomic mass is 9.88. The van der Waals surface area contributed by atoms with Crippen LogP contribution in [-0.2, 0) is 0 Å². The van der Waals surface area contributed by atoms with Gasteiger partial charge < -0.3 is 10.2 Å². The third-order valence-corrected chi connectivity index (χ3v) is 1.69. The van der Waals surface area contributed by atoms with Crippen LogP contribution in [0.15, 0.2) is 0 Å². The number of halogens is 6. The van der Waals surface area contributed by atoms with Crippen LogP contribution in [0, 0.1) is 5.41 Å². The van der Waals surface area contributed by atoms with Crippen molar-refractivity contribution in [3.05, 3.63) is 0 Å². The van der Waals surface area contributed by atoms with E-state index in [4.69, 9.17) is 10.2 Å². The molecule has 0 heterocycles. The molecule has 0 aliphatic rings. The van der Waals surface area contributed by atoms with Crippen LogP contribution >= 0.6 is 0 Å². The van der Waals surface area contributed by atoms with E-state index in [1.807, 2.05) is 0 Å². The highest BCUT2D eigenvalue weighted by Crippen LogP contribution is 2.51. The molecule has 0 radical (unpaired) electrons. The molecule has 0 saturated heterocycles. The largest absolute Gasteiger partial charge is 0.407 e. The van der Waals surface area contributed by atoms with Gasteiger partial charge in [-0.1, -0.05) is 0 Å². The molecule has 0 aromatic heterocycles. The van der Waals surface area contributed by atoms with E-state index in [1.54, 1.807) is 0 Å². The summed E-state index contributed by atoms with van der Waals surface area (Å²) in [5.74, 6) is 0. The smallest absolute Gasteiger partial charge is 0.367 e. The monoisotopic (exact) mass is 212 g/mol. The van der Waals surface area contributed by atoms with Gasteiger partial charge in [0, 0.05) is 0 Å². The molecular weight excluding hydrogens is 206 g/mol. The number of hydrogen-bond donors (Lipinski definition) is 2. The Balaban J connectivity index is 5.22. The molecule has 8 heteroatoms. The fourth-order valence-electron chi connectivity index (χ4n) is 0.453. The highest BCUT2D eigenvalue weighted by atomic mass is 19.4. The standard InChI is InChI=1S/C5H6F6O2/c1-3(2(12)13,4(6,7)8)5(9,10)11/h2,12-13H,1H3. The predicted octanol–water partition coefficient (Wildman–Crippen LogP) is 1.43. The van der Waals surface area contributed by atoms with Crippen LogP contribution in [0.3, 0.4) is 0 Å². The summed E-state index contributed by atoms with van der Waals surface area (Å²) in [7, 11) is 0. The first-order valence-electron chi connectivity index (χ1n) is 2.94. The number of aliphatic hydroxyl groups is 2. The van der Waals surface area contributed by atoms with Gasteiger partial charge in [-0.3, -0.25) is 0 Å². The third kappa shape index (κ3) is 1.88. The van der Waals surface area contributed by atoms with Crippen LogP contribution < -0.4 is 0 Å². The third-order valence-electron chi connectivity index (χ3n) is 1.69. The fourth-order valence-corrected chi connectivity index (χ4v) is 0.453. The maximum Gasteiger partial charge on any atom is 0.407 e. The summed E-state index contributed by atoms with van der Waals surface area (Å²) >= 11 is 0. The minimum atomic E-state index is -5.76. The lowest BCUT2D eigenvalue weighted by molar-refractivity contribution is -0.386. The fraction of sp³-hybridized carbons (Fsp3) is 1.00. The van der Waals surface area contributed by atoms with E-state index in [9.17, 15) is 26.3 Å². The average molecular weight is 212 g/mol. The Morgan fingerprint density at radius 1 is 0.846 bits per heavy atom. The molecular formula is C5H6F6O2. The normalized spacial score (nSPS) is 15.2. The molecule has 0 bridgehead atoms. The molecule has 0 unspecified atom stereocenters. The second-order valence-electron chi connectivity index (χ2n) is 2.57. The van der Waals surface area contributed by atoms with Crippen LogP contribution in [-0.4, -0.2) is 28.9 Å². The van der Waals surface area contributed by atoms with Gasteiger partial charge in [-0.2, -0.15) is 26.3 Å². The summed E-state index contributed by atoms with van der Waals surface area (Å²) in [6, 6.07) is 0. The Bertz CT molecular complexity index is 166. The molecule has 0 aromatic rings. The van der Waals surface area contributed by atoms with Gasteiger partial charge in [0.1, 0.15) is 0 Å². The van der Waals surface area contributed by atoms with Crippen molar-refractivity contribution in [2.75, 3.05) is 0 Å². The Morgan fingerprint density at radius 3 is 1.08 bits per heavy atom. The van der Waals surface area contributed by atoms with Crippen molar-refractivity contribution in [3.63, 3.8) is 0 Å². The topological polar surface area (TPSA) is 40.5 Å². The number of hydrogen-bond acceptors (Lipinski definition) is 2. The Labute approximate surface area is 68.8 Å². The summed E-state index contributed by atoms with van der Waals surface area (Å²) in [4.78, 5) is 0. The summed E-state index contributed by atoms with van der Waals surface area (Å²) in [6.45, 7) is -0.322. The molecule has 0 spiro atoms. The predicted molar refractivity (Wildman–Crippen MR) is 28.4 cm³/mol. The molecule has 0 aliphatic heterocycles. The average Bonchev–Trinajstić information content (AvgIpc) is 1.80. The van der Waals surface area contributed by atoms with Gasteiger partial charge in [0.2, 0.25) is 5.41 Å². The number of alkyl halides is 6. The van der Waals surface area contributed by atoms with E-state index in [1.165, 1.54) is 0 Å². The number of aliphatic hydroxyl groups excluding tert-OH is 1. The van der Waals surface area contributed by atoms with Crippen molar-refractivity contribution < 1.29 is 36.6 Å². The first-order valence-corrected chi connectivity index (χ1v) is 2.94. The molecule has 0 saturated carbocycles. The second kappa shape index (κ2) is 3.02. The zero-order chi connectivity index (χ0) is 11.1. The SMILES string of the molecule is CC(C(O)O)(C(F)(F)F)C(F)(F)F. The minimum Gasteiger partial charge on any atom is -0.367 e. The molecule has 0 amide bonds. The summed E-state index contributed by atoms with van der Waals surface area (Å²) < 4.78 is 70.9. The van der Waals surface area contributed by atoms with Crippen LogP contribution in [0.1, 0.15) is 6.92 Å². The second-order valence-corrected chi connectivity index (χ2v) is 2.57. The first kappa shape index (κ1) is 12.5. The van der Waals surface area contributed by atoms with E-state index >= 15 is 0 Å². The van der Waals surface area contributed by atoms with Gasteiger partial charge in [-0.25, -0.2) is 0 Å². The van der Waals surface area contributed by atoms with Gasteiger partial charge >= 0.3 is 12.4 Å². The summed E-state index contributed by atoms with van der Waals surface area (Å²) in [6.07, 6.45) is -15.1. The van der Waals surface area contributed by atoms with E-state index in [0.717, 1.165) is 0 Å². The van der Waals surface area contributed by atoms with Crippen LogP contribution in [0.5, 0.6) is 0 Å². The van der Waals surface area contributed by atoms with Gasteiger partial charge in [0.25, 0.3) is 0 Å². The molecule has 13 heavy (non-hydrogen) atoms. The number of rotatable bonds is 1. The van der Waals surface area contributed by atoms with Crippen molar-refractivity contribution in [1.29, 1.82) is 0 Å². The highest BCUT2D eigenvalue weighted by Gasteiger charge is 2.71. The lowest BCUT2D eigenvalue weighted by Gasteiger charge is -2.34. The Kier molecular flexibility index (Phi) is 2.90. The van der Waals surface area contributed by atoms with Crippen molar-refractivity contribution >= 4 is 0 Å². The quantitative estimate of drug-likeness (QED) is 0.509. The molecule has 80 valence electrons. The Morgan fingerprint density at radius 2 is 1.08 bits per heavy atom. The summed E-state index contributed by atoms with van der Waals surface area (Å²) in [5.41, 5.74) is -4.51. The zero-order valence-corrected chi connectivity index (χ0v) is 6.24. The molecule has 2 nitrogen and oxygen atoms in total.